The lowest BCUT2D eigenvalue weighted by atomic mass is 9.88. The maximum absolute atomic E-state index is 12.2. The Hall–Kier alpha value is -1.18. The van der Waals surface area contributed by atoms with Crippen LogP contribution in [0, 0.1) is 5.92 Å². The number of hydrogen-bond acceptors (Lipinski definition) is 5. The Balaban J connectivity index is 2.14. The molecule has 2 N–H and O–H groups in total. The van der Waals surface area contributed by atoms with E-state index in [0.717, 1.165) is 42.9 Å². The van der Waals surface area contributed by atoms with E-state index in [0.29, 0.717) is 16.6 Å². The van der Waals surface area contributed by atoms with Gasteiger partial charge in [0, 0.05) is 18.0 Å². The summed E-state index contributed by atoms with van der Waals surface area (Å²) >= 11 is 6.98. The second-order valence-corrected chi connectivity index (χ2v) is 7.75. The molecule has 0 aromatic carbocycles. The minimum absolute atomic E-state index is 0.282. The van der Waals surface area contributed by atoms with Gasteiger partial charge in [0.2, 0.25) is 0 Å². The third kappa shape index (κ3) is 4.65. The summed E-state index contributed by atoms with van der Waals surface area (Å²) in [5.41, 5.74) is 1.80. The third-order valence-electron chi connectivity index (χ3n) is 3.97. The first kappa shape index (κ1) is 18.2. The van der Waals surface area contributed by atoms with Crippen molar-refractivity contribution in [1.29, 1.82) is 0 Å². The zero-order valence-corrected chi connectivity index (χ0v) is 15.8. The summed E-state index contributed by atoms with van der Waals surface area (Å²) < 4.78 is 4.98. The quantitative estimate of drug-likeness (QED) is 0.625. The summed E-state index contributed by atoms with van der Waals surface area (Å²) in [6.45, 7) is 3.90. The van der Waals surface area contributed by atoms with Crippen molar-refractivity contribution in [3.8, 4) is 0 Å². The largest absolute Gasteiger partial charge is 0.465 e. The van der Waals surface area contributed by atoms with Gasteiger partial charge in [-0.1, -0.05) is 6.92 Å². The van der Waals surface area contributed by atoms with Crippen LogP contribution in [0.2, 0.25) is 0 Å². The van der Waals surface area contributed by atoms with Crippen LogP contribution in [0.25, 0.3) is 0 Å². The zero-order valence-electron chi connectivity index (χ0n) is 14.2. The van der Waals surface area contributed by atoms with Crippen LogP contribution in [0.1, 0.15) is 34.1 Å². The van der Waals surface area contributed by atoms with Gasteiger partial charge in [-0.15, -0.1) is 11.3 Å². The maximum atomic E-state index is 12.2. The Bertz CT molecular complexity index is 584. The number of carbonyl (C=O) groups is 1. The van der Waals surface area contributed by atoms with Crippen LogP contribution in [-0.4, -0.2) is 50.3 Å². The predicted octanol–water partition coefficient (Wildman–Crippen LogP) is 2.51. The van der Waals surface area contributed by atoms with E-state index in [4.69, 9.17) is 17.0 Å². The minimum Gasteiger partial charge on any atom is -0.465 e. The number of rotatable bonds is 5. The number of methoxy groups -OCH3 is 1. The van der Waals surface area contributed by atoms with Gasteiger partial charge in [-0.05, 0) is 57.1 Å². The number of nitrogens with zero attached hydrogens (tertiary/aromatic N) is 1. The van der Waals surface area contributed by atoms with Gasteiger partial charge in [-0.2, -0.15) is 0 Å². The van der Waals surface area contributed by atoms with Gasteiger partial charge in [0.25, 0.3) is 0 Å². The van der Waals surface area contributed by atoms with Crippen molar-refractivity contribution < 1.29 is 9.53 Å². The van der Waals surface area contributed by atoms with Gasteiger partial charge in [-0.25, -0.2) is 4.79 Å². The highest BCUT2D eigenvalue weighted by molar-refractivity contribution is 7.80. The lowest BCUT2D eigenvalue weighted by Gasteiger charge is -2.18. The Morgan fingerprint density at radius 2 is 2.22 bits per heavy atom. The molecule has 0 bridgehead atoms. The maximum Gasteiger partial charge on any atom is 0.341 e. The van der Waals surface area contributed by atoms with E-state index in [1.165, 1.54) is 12.0 Å². The number of ether oxygens (including phenoxy) is 1. The van der Waals surface area contributed by atoms with Crippen LogP contribution in [0.5, 0.6) is 0 Å². The Morgan fingerprint density at radius 3 is 2.87 bits per heavy atom. The standard InChI is InChI=1S/C16H25N3O2S2/c1-10-5-6-11-12(9-10)23-14(13(11)15(20)21-4)18-16(22)17-7-8-19(2)3/h10H,5-9H2,1-4H3,(H2,17,18,22). The summed E-state index contributed by atoms with van der Waals surface area (Å²) in [7, 11) is 5.46. The molecule has 23 heavy (non-hydrogen) atoms. The first-order valence-electron chi connectivity index (χ1n) is 7.84. The van der Waals surface area contributed by atoms with Crippen molar-refractivity contribution in [3.05, 3.63) is 16.0 Å². The van der Waals surface area contributed by atoms with Crippen molar-refractivity contribution in [2.75, 3.05) is 39.6 Å². The number of thiocarbonyl (C=S) groups is 1. The predicted molar refractivity (Wildman–Crippen MR) is 99.6 cm³/mol. The average molecular weight is 356 g/mol. The van der Waals surface area contributed by atoms with Crippen LogP contribution in [-0.2, 0) is 17.6 Å². The number of thiophene rings is 1. The molecule has 2 rings (SSSR count). The summed E-state index contributed by atoms with van der Waals surface area (Å²) in [4.78, 5) is 15.6. The molecule has 1 aliphatic rings. The molecule has 0 amide bonds. The second kappa shape index (κ2) is 8.08. The van der Waals surface area contributed by atoms with Crippen LogP contribution in [0.3, 0.4) is 0 Å². The average Bonchev–Trinajstić information content (AvgIpc) is 2.82. The molecule has 1 unspecified atom stereocenters. The van der Waals surface area contributed by atoms with Gasteiger partial charge >= 0.3 is 5.97 Å². The van der Waals surface area contributed by atoms with Crippen molar-refractivity contribution in [2.24, 2.45) is 5.92 Å². The number of likely N-dealkylation sites (N-methyl/N-ethyl adjacent to an activating group) is 1. The molecule has 7 heteroatoms. The van der Waals surface area contributed by atoms with Crippen molar-refractivity contribution >= 4 is 39.6 Å². The van der Waals surface area contributed by atoms with Crippen molar-refractivity contribution in [2.45, 2.75) is 26.2 Å². The second-order valence-electron chi connectivity index (χ2n) is 6.23. The lowest BCUT2D eigenvalue weighted by molar-refractivity contribution is 0.0601. The highest BCUT2D eigenvalue weighted by Gasteiger charge is 2.28. The molecule has 0 aliphatic heterocycles. The van der Waals surface area contributed by atoms with E-state index in [1.54, 1.807) is 11.3 Å². The van der Waals surface area contributed by atoms with Crippen LogP contribution in [0.15, 0.2) is 0 Å². The number of anilines is 1. The number of hydrogen-bond donors (Lipinski definition) is 2. The Kier molecular flexibility index (Phi) is 6.38. The molecule has 0 spiro atoms. The molecule has 1 aromatic heterocycles. The fraction of sp³-hybridized carbons (Fsp3) is 0.625. The molecule has 128 valence electrons. The van der Waals surface area contributed by atoms with Crippen LogP contribution in [0.4, 0.5) is 5.00 Å². The molecule has 1 aromatic rings. The highest BCUT2D eigenvalue weighted by Crippen LogP contribution is 2.39. The molecular weight excluding hydrogens is 330 g/mol. The molecule has 5 nitrogen and oxygen atoms in total. The minimum atomic E-state index is -0.282. The first-order valence-corrected chi connectivity index (χ1v) is 9.07. The highest BCUT2D eigenvalue weighted by atomic mass is 32.1. The Labute approximate surface area is 147 Å². The summed E-state index contributed by atoms with van der Waals surface area (Å²) in [5, 5.41) is 7.71. The van der Waals surface area contributed by atoms with Gasteiger partial charge in [0.1, 0.15) is 5.00 Å². The number of fused-ring (bicyclic) bond motifs is 1. The summed E-state index contributed by atoms with van der Waals surface area (Å²) in [6.07, 6.45) is 3.06. The van der Waals surface area contributed by atoms with Crippen molar-refractivity contribution in [3.63, 3.8) is 0 Å². The van der Waals surface area contributed by atoms with E-state index in [-0.39, 0.29) is 5.97 Å². The van der Waals surface area contributed by atoms with Crippen LogP contribution < -0.4 is 10.6 Å². The summed E-state index contributed by atoms with van der Waals surface area (Å²) in [5.74, 6) is 0.375. The SMILES string of the molecule is COC(=O)c1c(NC(=S)NCCN(C)C)sc2c1CCC(C)C2. The molecule has 0 saturated heterocycles. The number of carbonyl (C=O) groups excluding carboxylic acids is 1. The normalized spacial score (nSPS) is 16.8. The van der Waals surface area contributed by atoms with E-state index in [9.17, 15) is 4.79 Å². The smallest absolute Gasteiger partial charge is 0.341 e. The van der Waals surface area contributed by atoms with Gasteiger partial charge in [0.15, 0.2) is 5.11 Å². The molecule has 0 fully saturated rings. The molecule has 1 atom stereocenters. The van der Waals surface area contributed by atoms with E-state index >= 15 is 0 Å². The molecular formula is C16H25N3O2S2. The van der Waals surface area contributed by atoms with Crippen molar-refractivity contribution in [1.82, 2.24) is 10.2 Å². The first-order chi connectivity index (χ1) is 10.9. The molecule has 1 heterocycles. The number of nitrogens with one attached hydrogen (secondary N) is 2. The number of esters is 1. The fourth-order valence-electron chi connectivity index (χ4n) is 2.70. The third-order valence-corrected chi connectivity index (χ3v) is 5.39. The monoisotopic (exact) mass is 355 g/mol. The molecule has 0 radical (unpaired) electrons. The van der Waals surface area contributed by atoms with Crippen LogP contribution >= 0.6 is 23.6 Å². The van der Waals surface area contributed by atoms with E-state index < -0.39 is 0 Å². The van der Waals surface area contributed by atoms with Gasteiger partial charge in [-0.3, -0.25) is 0 Å². The lowest BCUT2D eigenvalue weighted by Crippen LogP contribution is -2.34. The van der Waals surface area contributed by atoms with Gasteiger partial charge < -0.3 is 20.3 Å². The topological polar surface area (TPSA) is 53.6 Å². The molecule has 1 aliphatic carbocycles. The summed E-state index contributed by atoms with van der Waals surface area (Å²) in [6, 6.07) is 0. The molecule has 0 saturated carbocycles. The van der Waals surface area contributed by atoms with E-state index in [1.807, 2.05) is 14.1 Å². The Morgan fingerprint density at radius 1 is 1.48 bits per heavy atom. The van der Waals surface area contributed by atoms with Gasteiger partial charge in [0.05, 0.1) is 12.7 Å². The fourth-order valence-corrected chi connectivity index (χ4v) is 4.37. The van der Waals surface area contributed by atoms with E-state index in [2.05, 4.69) is 22.5 Å². The zero-order chi connectivity index (χ0) is 17.0.